The van der Waals surface area contributed by atoms with Gasteiger partial charge in [-0.2, -0.15) is 0 Å². The molecule has 0 atom stereocenters. The second-order valence-electron chi connectivity index (χ2n) is 8.76. The highest BCUT2D eigenvalue weighted by Gasteiger charge is 2.21. The van der Waals surface area contributed by atoms with Gasteiger partial charge in [-0.15, -0.1) is 0 Å². The van der Waals surface area contributed by atoms with Crippen LogP contribution in [0.15, 0.2) is 0 Å². The monoisotopic (exact) mass is 384 g/mol. The number of nitrogens with two attached hydrogens (primary N) is 2. The van der Waals surface area contributed by atoms with E-state index in [0.717, 1.165) is 65.4 Å². The summed E-state index contributed by atoms with van der Waals surface area (Å²) in [5.74, 6) is -0.555. The van der Waals surface area contributed by atoms with Crippen molar-refractivity contribution in [3.8, 4) is 0 Å². The third-order valence-electron chi connectivity index (χ3n) is 4.83. The number of hydrogen-bond acceptors (Lipinski definition) is 6. The molecule has 0 unspecified atom stereocenters. The lowest BCUT2D eigenvalue weighted by molar-refractivity contribution is -0.119. The third kappa shape index (κ3) is 11.3. The standard InChI is InChI=1S/C19H40N6O2/c1-5-22-6-8-23(14-17(20)26)10-12-25(16-19(2,3)4)13-11-24(9-7-22)15-18(21)27/h5-16H2,1-4H3,(H2,20,26)(H2,21,27). The maximum Gasteiger partial charge on any atom is 0.231 e. The van der Waals surface area contributed by atoms with Crippen molar-refractivity contribution in [3.63, 3.8) is 0 Å². The average molecular weight is 385 g/mol. The van der Waals surface area contributed by atoms with Crippen molar-refractivity contribution >= 4 is 11.8 Å². The van der Waals surface area contributed by atoms with Crippen molar-refractivity contribution in [2.24, 2.45) is 16.9 Å². The van der Waals surface area contributed by atoms with Crippen molar-refractivity contribution < 1.29 is 9.59 Å². The maximum atomic E-state index is 11.5. The van der Waals surface area contributed by atoms with Crippen molar-refractivity contribution in [1.29, 1.82) is 0 Å². The van der Waals surface area contributed by atoms with Crippen molar-refractivity contribution in [2.75, 3.05) is 78.5 Å². The zero-order chi connectivity index (χ0) is 20.4. The normalized spacial score (nSPS) is 20.7. The first-order valence-corrected chi connectivity index (χ1v) is 10.0. The van der Waals surface area contributed by atoms with Gasteiger partial charge in [0.2, 0.25) is 11.8 Å². The summed E-state index contributed by atoms with van der Waals surface area (Å²) in [5, 5.41) is 0. The Balaban J connectivity index is 2.86. The molecular weight excluding hydrogens is 344 g/mol. The van der Waals surface area contributed by atoms with Gasteiger partial charge in [0.15, 0.2) is 0 Å². The van der Waals surface area contributed by atoms with E-state index in [0.29, 0.717) is 13.1 Å². The predicted octanol–water partition coefficient (Wildman–Crippen LogP) is -0.755. The fourth-order valence-corrected chi connectivity index (χ4v) is 3.48. The molecule has 0 aromatic heterocycles. The fourth-order valence-electron chi connectivity index (χ4n) is 3.48. The van der Waals surface area contributed by atoms with Gasteiger partial charge in [-0.25, -0.2) is 0 Å². The molecule has 2 amide bonds. The minimum atomic E-state index is -0.278. The van der Waals surface area contributed by atoms with Gasteiger partial charge in [0.05, 0.1) is 13.1 Å². The zero-order valence-electron chi connectivity index (χ0n) is 17.7. The second kappa shape index (κ2) is 11.6. The Morgan fingerprint density at radius 3 is 1.33 bits per heavy atom. The Hall–Kier alpha value is -1.22. The lowest BCUT2D eigenvalue weighted by Crippen LogP contribution is -2.49. The molecule has 27 heavy (non-hydrogen) atoms. The SMILES string of the molecule is CCN1CCN(CC(N)=O)CCN(CC(C)(C)C)CCN(CC(N)=O)CC1. The van der Waals surface area contributed by atoms with E-state index in [1.165, 1.54) is 0 Å². The number of primary amides is 2. The van der Waals surface area contributed by atoms with Gasteiger partial charge in [-0.3, -0.25) is 19.4 Å². The Morgan fingerprint density at radius 2 is 1.04 bits per heavy atom. The Kier molecular flexibility index (Phi) is 10.2. The molecule has 8 heteroatoms. The average Bonchev–Trinajstić information content (AvgIpc) is 2.53. The van der Waals surface area contributed by atoms with Gasteiger partial charge in [0.25, 0.3) is 0 Å². The maximum absolute atomic E-state index is 11.5. The van der Waals surface area contributed by atoms with Crippen molar-refractivity contribution in [1.82, 2.24) is 19.6 Å². The highest BCUT2D eigenvalue weighted by atomic mass is 16.1. The van der Waals surface area contributed by atoms with Gasteiger partial charge in [-0.1, -0.05) is 27.7 Å². The second-order valence-corrected chi connectivity index (χ2v) is 8.76. The highest BCUT2D eigenvalue weighted by molar-refractivity contribution is 5.76. The zero-order valence-corrected chi connectivity index (χ0v) is 17.7. The van der Waals surface area contributed by atoms with E-state index in [4.69, 9.17) is 11.5 Å². The van der Waals surface area contributed by atoms with Crippen LogP contribution in [-0.2, 0) is 9.59 Å². The largest absolute Gasteiger partial charge is 0.369 e. The number of hydrogen-bond donors (Lipinski definition) is 2. The summed E-state index contributed by atoms with van der Waals surface area (Å²) in [6.07, 6.45) is 0. The van der Waals surface area contributed by atoms with E-state index in [1.54, 1.807) is 0 Å². The van der Waals surface area contributed by atoms with Gasteiger partial charge in [0.1, 0.15) is 0 Å². The van der Waals surface area contributed by atoms with Crippen LogP contribution in [0.3, 0.4) is 0 Å². The van der Waals surface area contributed by atoms with E-state index >= 15 is 0 Å². The lowest BCUT2D eigenvalue weighted by atomic mass is 9.96. The number of likely N-dealkylation sites (N-methyl/N-ethyl adjacent to an activating group) is 1. The molecule has 0 aromatic carbocycles. The van der Waals surface area contributed by atoms with Crippen LogP contribution in [0.2, 0.25) is 0 Å². The first-order valence-electron chi connectivity index (χ1n) is 10.0. The molecule has 0 aromatic rings. The molecule has 1 aliphatic heterocycles. The van der Waals surface area contributed by atoms with E-state index in [9.17, 15) is 9.59 Å². The van der Waals surface area contributed by atoms with E-state index < -0.39 is 0 Å². The van der Waals surface area contributed by atoms with Crippen LogP contribution in [0.5, 0.6) is 0 Å². The van der Waals surface area contributed by atoms with Crippen LogP contribution in [0.25, 0.3) is 0 Å². The molecule has 0 radical (unpaired) electrons. The molecule has 158 valence electrons. The molecule has 0 aliphatic carbocycles. The molecule has 1 rings (SSSR count). The molecule has 8 nitrogen and oxygen atoms in total. The molecule has 1 saturated heterocycles. The lowest BCUT2D eigenvalue weighted by Gasteiger charge is -2.35. The summed E-state index contributed by atoms with van der Waals surface area (Å²) >= 11 is 0. The van der Waals surface area contributed by atoms with Crippen molar-refractivity contribution in [3.05, 3.63) is 0 Å². The van der Waals surface area contributed by atoms with Crippen molar-refractivity contribution in [2.45, 2.75) is 27.7 Å². The smallest absolute Gasteiger partial charge is 0.231 e. The molecule has 1 heterocycles. The minimum Gasteiger partial charge on any atom is -0.369 e. The fraction of sp³-hybridized carbons (Fsp3) is 0.895. The van der Waals surface area contributed by atoms with Crippen LogP contribution in [0, 0.1) is 5.41 Å². The van der Waals surface area contributed by atoms with Gasteiger partial charge < -0.3 is 21.3 Å². The van der Waals surface area contributed by atoms with Crippen LogP contribution in [0.4, 0.5) is 0 Å². The minimum absolute atomic E-state index is 0.180. The van der Waals surface area contributed by atoms with Crippen LogP contribution in [-0.4, -0.2) is 110 Å². The highest BCUT2D eigenvalue weighted by Crippen LogP contribution is 2.15. The van der Waals surface area contributed by atoms with E-state index in [1.807, 2.05) is 0 Å². The van der Waals surface area contributed by atoms with E-state index in [2.05, 4.69) is 47.3 Å². The molecule has 1 aliphatic rings. The molecule has 0 saturated carbocycles. The Bertz CT molecular complexity index is 434. The molecular formula is C19H40N6O2. The first kappa shape index (κ1) is 23.8. The molecule has 0 spiro atoms. The Morgan fingerprint density at radius 1 is 0.704 bits per heavy atom. The summed E-state index contributed by atoms with van der Waals surface area (Å²) < 4.78 is 0. The molecule has 1 fully saturated rings. The number of nitrogens with zero attached hydrogens (tertiary/aromatic N) is 4. The summed E-state index contributed by atoms with van der Waals surface area (Å²) in [7, 11) is 0. The third-order valence-corrected chi connectivity index (χ3v) is 4.83. The summed E-state index contributed by atoms with van der Waals surface area (Å²) in [6, 6.07) is 0. The Labute approximate surface area is 164 Å². The van der Waals surface area contributed by atoms with E-state index in [-0.39, 0.29) is 17.2 Å². The molecule has 4 N–H and O–H groups in total. The van der Waals surface area contributed by atoms with Gasteiger partial charge in [0, 0.05) is 58.9 Å². The summed E-state index contributed by atoms with van der Waals surface area (Å²) in [4.78, 5) is 32.0. The van der Waals surface area contributed by atoms with Gasteiger partial charge in [-0.05, 0) is 12.0 Å². The number of carbonyl (C=O) groups excluding carboxylic acids is 2. The molecule has 0 bridgehead atoms. The quantitative estimate of drug-likeness (QED) is 0.625. The topological polar surface area (TPSA) is 99.1 Å². The van der Waals surface area contributed by atoms with Crippen LogP contribution in [0.1, 0.15) is 27.7 Å². The predicted molar refractivity (Wildman–Crippen MR) is 109 cm³/mol. The number of carbonyl (C=O) groups is 2. The first-order chi connectivity index (χ1) is 12.6. The van der Waals surface area contributed by atoms with Crippen LogP contribution < -0.4 is 11.5 Å². The number of amides is 2. The van der Waals surface area contributed by atoms with Crippen LogP contribution >= 0.6 is 0 Å². The number of rotatable bonds is 6. The van der Waals surface area contributed by atoms with Gasteiger partial charge >= 0.3 is 0 Å². The summed E-state index contributed by atoms with van der Waals surface area (Å²) in [5.41, 5.74) is 11.1. The summed E-state index contributed by atoms with van der Waals surface area (Å²) in [6.45, 7) is 18.1.